The van der Waals surface area contributed by atoms with E-state index in [2.05, 4.69) is 20.6 Å². The summed E-state index contributed by atoms with van der Waals surface area (Å²) in [6.07, 6.45) is 0.669. The predicted octanol–water partition coefficient (Wildman–Crippen LogP) is 2.42. The summed E-state index contributed by atoms with van der Waals surface area (Å²) >= 11 is 0. The molecule has 0 aliphatic carbocycles. The third-order valence-electron chi connectivity index (χ3n) is 4.21. The molecule has 3 aromatic rings. The zero-order valence-corrected chi connectivity index (χ0v) is 16.8. The summed E-state index contributed by atoms with van der Waals surface area (Å²) in [6, 6.07) is 14.1. The second-order valence-electron chi connectivity index (χ2n) is 6.65. The van der Waals surface area contributed by atoms with Crippen molar-refractivity contribution in [2.24, 2.45) is 10.9 Å². The van der Waals surface area contributed by atoms with Crippen molar-refractivity contribution in [1.29, 1.82) is 5.26 Å². The van der Waals surface area contributed by atoms with Crippen molar-refractivity contribution >= 4 is 17.4 Å². The maximum absolute atomic E-state index is 12.2. The molecule has 9 nitrogen and oxygen atoms in total. The third-order valence-corrected chi connectivity index (χ3v) is 4.21. The molecule has 0 aliphatic rings. The van der Waals surface area contributed by atoms with Crippen LogP contribution in [0.2, 0.25) is 0 Å². The Balaban J connectivity index is 1.63. The predicted molar refractivity (Wildman–Crippen MR) is 112 cm³/mol. The van der Waals surface area contributed by atoms with Crippen molar-refractivity contribution in [3.05, 3.63) is 71.2 Å². The van der Waals surface area contributed by atoms with Crippen molar-refractivity contribution in [2.45, 2.75) is 26.9 Å². The monoisotopic (exact) mass is 403 g/mol. The van der Waals surface area contributed by atoms with Gasteiger partial charge in [-0.3, -0.25) is 4.79 Å². The number of nitrogens with zero attached hydrogens (tertiary/aromatic N) is 5. The zero-order valence-electron chi connectivity index (χ0n) is 16.8. The third kappa shape index (κ3) is 4.80. The number of amides is 1. The lowest BCUT2D eigenvalue weighted by atomic mass is 10.2. The molecular formula is C21H21N7O2. The highest BCUT2D eigenvalue weighted by Crippen LogP contribution is 2.12. The Bertz CT molecular complexity index is 1130. The lowest BCUT2D eigenvalue weighted by Crippen LogP contribution is -2.27. The van der Waals surface area contributed by atoms with Crippen LogP contribution in [0.25, 0.3) is 5.82 Å². The highest BCUT2D eigenvalue weighted by Gasteiger charge is 2.15. The first-order valence-electron chi connectivity index (χ1n) is 9.18. The number of nitriles is 1. The number of carbonyl (C=O) groups excluding carboxylic acids is 1. The van der Waals surface area contributed by atoms with Gasteiger partial charge in [-0.25, -0.2) is 9.67 Å². The fourth-order valence-electron chi connectivity index (χ4n) is 2.67. The number of rotatable bonds is 6. The van der Waals surface area contributed by atoms with Gasteiger partial charge < -0.3 is 15.9 Å². The first-order valence-corrected chi connectivity index (χ1v) is 9.18. The molecule has 9 heteroatoms. The summed E-state index contributed by atoms with van der Waals surface area (Å²) in [5.74, 6) is 0.332. The number of amidine groups is 1. The van der Waals surface area contributed by atoms with Gasteiger partial charge in [-0.2, -0.15) is 10.4 Å². The van der Waals surface area contributed by atoms with Crippen LogP contribution in [0.15, 0.2) is 53.8 Å². The van der Waals surface area contributed by atoms with E-state index in [1.54, 1.807) is 54.2 Å². The summed E-state index contributed by atoms with van der Waals surface area (Å²) in [6.45, 7) is 5.41. The van der Waals surface area contributed by atoms with Crippen LogP contribution in [0, 0.1) is 25.2 Å². The van der Waals surface area contributed by atoms with E-state index in [4.69, 9.17) is 15.8 Å². The van der Waals surface area contributed by atoms with E-state index < -0.39 is 12.0 Å². The molecule has 0 saturated carbocycles. The topological polar surface area (TPSA) is 131 Å². The second kappa shape index (κ2) is 8.87. The summed E-state index contributed by atoms with van der Waals surface area (Å²) in [5, 5.41) is 19.8. The summed E-state index contributed by atoms with van der Waals surface area (Å²) in [4.78, 5) is 21.8. The maximum atomic E-state index is 12.2. The van der Waals surface area contributed by atoms with Crippen molar-refractivity contribution in [3.63, 3.8) is 0 Å². The molecule has 2 aromatic heterocycles. The van der Waals surface area contributed by atoms with E-state index in [9.17, 15) is 4.79 Å². The van der Waals surface area contributed by atoms with Gasteiger partial charge in [-0.15, -0.1) is 0 Å². The van der Waals surface area contributed by atoms with Crippen LogP contribution in [0.1, 0.15) is 29.4 Å². The number of nitrogens with one attached hydrogen (secondary N) is 1. The maximum Gasteiger partial charge on any atom is 0.267 e. The molecular weight excluding hydrogens is 382 g/mol. The van der Waals surface area contributed by atoms with Crippen molar-refractivity contribution in [2.75, 3.05) is 5.32 Å². The van der Waals surface area contributed by atoms with Gasteiger partial charge in [0.15, 0.2) is 11.7 Å². The molecule has 0 saturated heterocycles. The molecule has 0 radical (unpaired) electrons. The Hall–Kier alpha value is -4.19. The zero-order chi connectivity index (χ0) is 21.7. The summed E-state index contributed by atoms with van der Waals surface area (Å²) in [7, 11) is 0. The fourth-order valence-corrected chi connectivity index (χ4v) is 2.67. The minimum absolute atomic E-state index is 0.0912. The average Bonchev–Trinajstić information content (AvgIpc) is 3.09. The van der Waals surface area contributed by atoms with Crippen LogP contribution in [0.3, 0.4) is 0 Å². The SMILES string of the molecule is Cc1cc(C)n(-c2ccc(/C(N)=N\OC(C)C(=O)Nc3cccc(C#N)c3)cn2)n1. The Labute approximate surface area is 173 Å². The van der Waals surface area contributed by atoms with E-state index in [0.29, 0.717) is 22.6 Å². The molecule has 0 spiro atoms. The van der Waals surface area contributed by atoms with Crippen molar-refractivity contribution < 1.29 is 9.63 Å². The molecule has 1 atom stereocenters. The number of oxime groups is 1. The Kier molecular flexibility index (Phi) is 6.08. The van der Waals surface area contributed by atoms with E-state index in [1.165, 1.54) is 0 Å². The Morgan fingerprint density at radius 1 is 1.30 bits per heavy atom. The van der Waals surface area contributed by atoms with Crippen LogP contribution in [-0.4, -0.2) is 32.6 Å². The summed E-state index contributed by atoms with van der Waals surface area (Å²) in [5.41, 5.74) is 9.31. The largest absolute Gasteiger partial charge is 0.381 e. The van der Waals surface area contributed by atoms with Gasteiger partial charge in [0.2, 0.25) is 6.10 Å². The molecule has 0 aliphatic heterocycles. The molecule has 1 unspecified atom stereocenters. The lowest BCUT2D eigenvalue weighted by Gasteiger charge is -2.11. The highest BCUT2D eigenvalue weighted by molar-refractivity contribution is 5.97. The van der Waals surface area contributed by atoms with Crippen LogP contribution >= 0.6 is 0 Å². The molecule has 2 heterocycles. The van der Waals surface area contributed by atoms with Gasteiger partial charge in [0, 0.05) is 23.1 Å². The molecule has 3 rings (SSSR count). The number of benzene rings is 1. The van der Waals surface area contributed by atoms with Crippen LogP contribution in [0.4, 0.5) is 5.69 Å². The van der Waals surface area contributed by atoms with Gasteiger partial charge in [-0.1, -0.05) is 11.2 Å². The number of carbonyl (C=O) groups is 1. The number of anilines is 1. The van der Waals surface area contributed by atoms with E-state index in [-0.39, 0.29) is 5.84 Å². The van der Waals surface area contributed by atoms with Gasteiger partial charge in [-0.05, 0) is 57.2 Å². The number of aryl methyl sites for hydroxylation is 2. The quantitative estimate of drug-likeness (QED) is 0.369. The Morgan fingerprint density at radius 3 is 2.73 bits per heavy atom. The van der Waals surface area contributed by atoms with Crippen molar-refractivity contribution in [3.8, 4) is 11.9 Å². The van der Waals surface area contributed by atoms with E-state index in [0.717, 1.165) is 11.4 Å². The smallest absolute Gasteiger partial charge is 0.267 e. The highest BCUT2D eigenvalue weighted by atomic mass is 16.6. The number of aromatic nitrogens is 3. The minimum atomic E-state index is -0.892. The number of nitrogens with two attached hydrogens (primary N) is 1. The lowest BCUT2D eigenvalue weighted by molar-refractivity contribution is -0.126. The van der Waals surface area contributed by atoms with Crippen LogP contribution in [-0.2, 0) is 9.63 Å². The van der Waals surface area contributed by atoms with Gasteiger partial charge in [0.25, 0.3) is 5.91 Å². The summed E-state index contributed by atoms with van der Waals surface area (Å²) < 4.78 is 1.73. The van der Waals surface area contributed by atoms with Gasteiger partial charge >= 0.3 is 0 Å². The molecule has 1 amide bonds. The molecule has 0 bridgehead atoms. The molecule has 0 fully saturated rings. The van der Waals surface area contributed by atoms with E-state index >= 15 is 0 Å². The number of hydrogen-bond donors (Lipinski definition) is 2. The van der Waals surface area contributed by atoms with Crippen LogP contribution < -0.4 is 11.1 Å². The van der Waals surface area contributed by atoms with Gasteiger partial charge in [0.1, 0.15) is 0 Å². The number of hydrogen-bond acceptors (Lipinski definition) is 6. The first-order chi connectivity index (χ1) is 14.4. The van der Waals surface area contributed by atoms with Crippen LogP contribution in [0.5, 0.6) is 0 Å². The number of pyridine rings is 1. The second-order valence-corrected chi connectivity index (χ2v) is 6.65. The fraction of sp³-hybridized carbons (Fsp3) is 0.190. The van der Waals surface area contributed by atoms with Crippen molar-refractivity contribution in [1.82, 2.24) is 14.8 Å². The molecule has 30 heavy (non-hydrogen) atoms. The average molecular weight is 403 g/mol. The minimum Gasteiger partial charge on any atom is -0.381 e. The molecule has 152 valence electrons. The first kappa shape index (κ1) is 20.5. The molecule has 3 N–H and O–H groups in total. The normalized spacial score (nSPS) is 12.1. The van der Waals surface area contributed by atoms with Gasteiger partial charge in [0.05, 0.1) is 17.3 Å². The standard InChI is InChI=1S/C21H21N7O2/c1-13-9-14(2)28(26-13)19-8-7-17(12-24-19)20(23)27-30-15(3)21(29)25-18-6-4-5-16(10-18)11-22/h4-10,12,15H,1-3H3,(H2,23,27)(H,25,29). The Morgan fingerprint density at radius 2 is 2.10 bits per heavy atom. The molecule has 1 aromatic carbocycles. The van der Waals surface area contributed by atoms with E-state index in [1.807, 2.05) is 26.0 Å².